The normalized spacial score (nSPS) is 20.6. The predicted octanol–water partition coefficient (Wildman–Crippen LogP) is 3.90. The zero-order valence-electron chi connectivity index (χ0n) is 26.7. The van der Waals surface area contributed by atoms with Crippen molar-refractivity contribution < 1.29 is 33.4 Å². The van der Waals surface area contributed by atoms with Gasteiger partial charge in [0.1, 0.15) is 11.4 Å². The molecule has 0 aromatic heterocycles. The molecule has 4 amide bonds. The van der Waals surface area contributed by atoms with Gasteiger partial charge < -0.3 is 34.2 Å². The third-order valence-electron chi connectivity index (χ3n) is 7.49. The molecule has 2 aliphatic heterocycles. The van der Waals surface area contributed by atoms with Crippen molar-refractivity contribution >= 4 is 29.5 Å². The number of nitrogens with one attached hydrogen (secondary N) is 1. The summed E-state index contributed by atoms with van der Waals surface area (Å²) in [5.41, 5.74) is -0.243. The predicted molar refractivity (Wildman–Crippen MR) is 160 cm³/mol. The molecule has 11 heteroatoms. The van der Waals surface area contributed by atoms with Crippen LogP contribution >= 0.6 is 0 Å². The second kappa shape index (κ2) is 13.3. The van der Waals surface area contributed by atoms with Crippen LogP contribution in [0.25, 0.3) is 0 Å². The summed E-state index contributed by atoms with van der Waals surface area (Å²) in [5.74, 6) is -0.144. The number of nitrogens with zero attached hydrogens (tertiary/aromatic N) is 3. The third-order valence-corrected chi connectivity index (χ3v) is 7.49. The summed E-state index contributed by atoms with van der Waals surface area (Å²) >= 11 is 0. The van der Waals surface area contributed by atoms with Crippen molar-refractivity contribution in [1.29, 1.82) is 0 Å². The summed E-state index contributed by atoms with van der Waals surface area (Å²) in [6.07, 6.45) is 1.47. The third kappa shape index (κ3) is 7.53. The minimum Gasteiger partial charge on any atom is -0.473 e. The standard InChI is InChI=1S/C31H48N4O7/c1-10-26(36)32-13-15-34-24-17-23(21(4)16-25(24)41-31(8,19-40-9)28(34)38)27(37)35(20(2)3)22-12-11-14-33(18-22)29(39)42-30(5,6)7/h16-17,20,22H,10-15,18-19H2,1-9H3,(H,32,36)/t22-,31?/m1/s1. The smallest absolute Gasteiger partial charge is 0.410 e. The van der Waals surface area contributed by atoms with Crippen LogP contribution in [-0.2, 0) is 19.1 Å². The molecule has 1 N–H and O–H groups in total. The molecular formula is C31H48N4O7. The molecule has 2 aliphatic rings. The number of methoxy groups -OCH3 is 1. The van der Waals surface area contributed by atoms with Gasteiger partial charge in [0.2, 0.25) is 11.5 Å². The highest BCUT2D eigenvalue weighted by molar-refractivity contribution is 6.05. The number of carbonyl (C=O) groups excluding carboxylic acids is 4. The molecular weight excluding hydrogens is 540 g/mol. The van der Waals surface area contributed by atoms with E-state index in [9.17, 15) is 19.2 Å². The van der Waals surface area contributed by atoms with Gasteiger partial charge in [-0.05, 0) is 79.0 Å². The number of rotatable bonds is 9. The zero-order valence-corrected chi connectivity index (χ0v) is 26.7. The molecule has 1 unspecified atom stereocenters. The van der Waals surface area contributed by atoms with Crippen LogP contribution in [-0.4, -0.2) is 96.8 Å². The molecule has 1 fully saturated rings. The topological polar surface area (TPSA) is 118 Å². The summed E-state index contributed by atoms with van der Waals surface area (Å²) in [4.78, 5) is 57.7. The van der Waals surface area contributed by atoms with Crippen LogP contribution in [0, 0.1) is 6.92 Å². The fourth-order valence-electron chi connectivity index (χ4n) is 5.53. The quantitative estimate of drug-likeness (QED) is 0.465. The zero-order chi connectivity index (χ0) is 31.4. The Labute approximate surface area is 249 Å². The van der Waals surface area contributed by atoms with Crippen molar-refractivity contribution in [2.75, 3.05) is 44.8 Å². The number of anilines is 1. The number of likely N-dealkylation sites (tertiary alicyclic amines) is 1. The maximum Gasteiger partial charge on any atom is 0.410 e. The van der Waals surface area contributed by atoms with E-state index >= 15 is 0 Å². The first-order chi connectivity index (χ1) is 19.6. The molecule has 2 heterocycles. The van der Waals surface area contributed by atoms with Gasteiger partial charge in [-0.3, -0.25) is 14.4 Å². The maximum absolute atomic E-state index is 14.2. The monoisotopic (exact) mass is 588 g/mol. The van der Waals surface area contributed by atoms with E-state index in [1.165, 1.54) is 7.11 Å². The molecule has 0 saturated carbocycles. The number of ether oxygens (including phenoxy) is 3. The van der Waals surface area contributed by atoms with E-state index in [2.05, 4.69) is 5.32 Å². The number of hydrogen-bond donors (Lipinski definition) is 1. The average molecular weight is 589 g/mol. The number of amides is 4. The summed E-state index contributed by atoms with van der Waals surface area (Å²) in [7, 11) is 1.51. The lowest BCUT2D eigenvalue weighted by Gasteiger charge is -2.42. The average Bonchev–Trinajstić information content (AvgIpc) is 2.89. The van der Waals surface area contributed by atoms with Gasteiger partial charge in [0.15, 0.2) is 0 Å². The van der Waals surface area contributed by atoms with Gasteiger partial charge >= 0.3 is 6.09 Å². The van der Waals surface area contributed by atoms with E-state index in [1.807, 2.05) is 46.4 Å². The van der Waals surface area contributed by atoms with E-state index in [0.29, 0.717) is 42.1 Å². The second-order valence-corrected chi connectivity index (χ2v) is 12.6. The summed E-state index contributed by atoms with van der Waals surface area (Å²) in [5, 5.41) is 2.82. The molecule has 234 valence electrons. The minimum absolute atomic E-state index is 0.0414. The molecule has 0 radical (unpaired) electrons. The van der Waals surface area contributed by atoms with Crippen LogP contribution in [0.3, 0.4) is 0 Å². The molecule has 11 nitrogen and oxygen atoms in total. The molecule has 1 aromatic rings. The Morgan fingerprint density at radius 1 is 1.24 bits per heavy atom. The molecule has 0 spiro atoms. The van der Waals surface area contributed by atoms with Crippen LogP contribution in [0.1, 0.15) is 83.7 Å². The lowest BCUT2D eigenvalue weighted by atomic mass is 9.97. The molecule has 0 aliphatic carbocycles. The van der Waals surface area contributed by atoms with E-state index in [-0.39, 0.29) is 55.6 Å². The van der Waals surface area contributed by atoms with Crippen molar-refractivity contribution in [3.63, 3.8) is 0 Å². The van der Waals surface area contributed by atoms with Crippen molar-refractivity contribution in [3.05, 3.63) is 23.3 Å². The second-order valence-electron chi connectivity index (χ2n) is 12.6. The first kappa shape index (κ1) is 33.2. The largest absolute Gasteiger partial charge is 0.473 e. The van der Waals surface area contributed by atoms with Crippen molar-refractivity contribution in [1.82, 2.24) is 15.1 Å². The Morgan fingerprint density at radius 2 is 1.93 bits per heavy atom. The van der Waals surface area contributed by atoms with Gasteiger partial charge in [0.25, 0.3) is 11.8 Å². The molecule has 1 saturated heterocycles. The maximum atomic E-state index is 14.2. The SMILES string of the molecule is CCC(=O)NCCN1C(=O)C(C)(COC)Oc2cc(C)c(C(=O)N(C(C)C)[C@@H]3CCCN(C(=O)OC(C)(C)C)C3)cc21. The van der Waals surface area contributed by atoms with Crippen LogP contribution < -0.4 is 15.0 Å². The number of aryl methyl sites for hydroxylation is 1. The Morgan fingerprint density at radius 3 is 2.52 bits per heavy atom. The van der Waals surface area contributed by atoms with Crippen LogP contribution in [0.4, 0.5) is 10.5 Å². The lowest BCUT2D eigenvalue weighted by Crippen LogP contribution is -2.58. The minimum atomic E-state index is -1.26. The molecule has 0 bridgehead atoms. The number of fused-ring (bicyclic) bond motifs is 1. The van der Waals surface area contributed by atoms with Gasteiger partial charge in [0, 0.05) is 51.3 Å². The van der Waals surface area contributed by atoms with E-state index in [1.54, 1.807) is 35.8 Å². The first-order valence-electron chi connectivity index (χ1n) is 14.8. The molecule has 2 atom stereocenters. The number of benzene rings is 1. The van der Waals surface area contributed by atoms with Gasteiger partial charge in [-0.15, -0.1) is 0 Å². The Hall–Kier alpha value is -3.34. The molecule has 1 aromatic carbocycles. The Kier molecular flexibility index (Phi) is 10.5. The van der Waals surface area contributed by atoms with Crippen LogP contribution in [0.15, 0.2) is 12.1 Å². The van der Waals surface area contributed by atoms with Crippen molar-refractivity contribution in [2.45, 2.75) is 97.9 Å². The fraction of sp³-hybridized carbons (Fsp3) is 0.677. The van der Waals surface area contributed by atoms with Crippen LogP contribution in [0.5, 0.6) is 5.75 Å². The lowest BCUT2D eigenvalue weighted by molar-refractivity contribution is -0.138. The summed E-state index contributed by atoms with van der Waals surface area (Å²) in [6, 6.07) is 3.16. The van der Waals surface area contributed by atoms with Gasteiger partial charge in [-0.2, -0.15) is 0 Å². The molecule has 3 rings (SSSR count). The number of piperidine rings is 1. The molecule has 42 heavy (non-hydrogen) atoms. The fourth-order valence-corrected chi connectivity index (χ4v) is 5.53. The van der Waals surface area contributed by atoms with E-state index in [0.717, 1.165) is 12.8 Å². The van der Waals surface area contributed by atoms with E-state index < -0.39 is 11.2 Å². The summed E-state index contributed by atoms with van der Waals surface area (Å²) < 4.78 is 17.1. The Bertz CT molecular complexity index is 1180. The van der Waals surface area contributed by atoms with Crippen LogP contribution in [0.2, 0.25) is 0 Å². The van der Waals surface area contributed by atoms with Crippen molar-refractivity contribution in [2.24, 2.45) is 0 Å². The number of carbonyl (C=O) groups is 4. The highest BCUT2D eigenvalue weighted by atomic mass is 16.6. The van der Waals surface area contributed by atoms with Gasteiger partial charge in [-0.25, -0.2) is 4.79 Å². The summed E-state index contributed by atoms with van der Waals surface area (Å²) in [6.45, 7) is 16.2. The van der Waals surface area contributed by atoms with Crippen molar-refractivity contribution in [3.8, 4) is 5.75 Å². The Balaban J connectivity index is 1.95. The van der Waals surface area contributed by atoms with Gasteiger partial charge in [0.05, 0.1) is 18.3 Å². The number of hydrogen-bond acceptors (Lipinski definition) is 7. The van der Waals surface area contributed by atoms with Gasteiger partial charge in [-0.1, -0.05) is 6.92 Å². The highest BCUT2D eigenvalue weighted by Gasteiger charge is 2.45. The van der Waals surface area contributed by atoms with E-state index in [4.69, 9.17) is 14.2 Å². The first-order valence-corrected chi connectivity index (χ1v) is 14.8. The highest BCUT2D eigenvalue weighted by Crippen LogP contribution is 2.40.